The number of rotatable bonds is 6. The van der Waals surface area contributed by atoms with Crippen LogP contribution in [0.25, 0.3) is 11.4 Å². The summed E-state index contributed by atoms with van der Waals surface area (Å²) in [6, 6.07) is 37.6. The summed E-state index contributed by atoms with van der Waals surface area (Å²) in [7, 11) is 0. The van der Waals surface area contributed by atoms with Crippen LogP contribution in [0, 0.1) is 35.4 Å². The van der Waals surface area contributed by atoms with Gasteiger partial charge >= 0.3 is 21.7 Å². The van der Waals surface area contributed by atoms with E-state index in [0.29, 0.717) is 11.4 Å². The maximum absolute atomic E-state index is 14.0. The molecule has 0 atom stereocenters. The van der Waals surface area contributed by atoms with Crippen molar-refractivity contribution >= 4 is 0 Å². The van der Waals surface area contributed by atoms with Gasteiger partial charge in [-0.3, -0.25) is 0 Å². The molecule has 0 aliphatic heterocycles. The van der Waals surface area contributed by atoms with Crippen molar-refractivity contribution in [3.8, 4) is 11.4 Å². The van der Waals surface area contributed by atoms with Gasteiger partial charge in [-0.15, -0.1) is 36.4 Å². The minimum atomic E-state index is -0.675. The Balaban J connectivity index is 0.000000260. The summed E-state index contributed by atoms with van der Waals surface area (Å²) in [6.07, 6.45) is 0. The van der Waals surface area contributed by atoms with Gasteiger partial charge in [0.1, 0.15) is 0 Å². The molecule has 6 rings (SSSR count). The van der Waals surface area contributed by atoms with Crippen molar-refractivity contribution in [1.29, 1.82) is 0 Å². The van der Waals surface area contributed by atoms with Gasteiger partial charge < -0.3 is 9.13 Å². The summed E-state index contributed by atoms with van der Waals surface area (Å²) in [5.74, 6) is -1.61. The van der Waals surface area contributed by atoms with Crippen LogP contribution in [0.2, 0.25) is 0 Å². The van der Waals surface area contributed by atoms with Crippen LogP contribution in [0.15, 0.2) is 109 Å². The third-order valence-corrected chi connectivity index (χ3v) is 7.52. The molecule has 2 aromatic heterocycles. The molecular formula is C42H46F4N2Ti. The van der Waals surface area contributed by atoms with Crippen LogP contribution in [-0.2, 0) is 21.7 Å². The standard InChI is InChI=1S/2C16H18F2N.2C5H5.Ti/c2*1-10(2)14-7-8-15(11(3)4)19(14)16-6-5-12(17)9-13(16)18;2*1-2-4-5-3-1;/h2*5-8,10-11H,1-4H3;2*1-5H;/q4*-1;+4. The molecule has 6 aromatic rings. The molecule has 7 heteroatoms. The number of aromatic nitrogens is 2. The summed E-state index contributed by atoms with van der Waals surface area (Å²) in [4.78, 5) is 0. The SMILES string of the molecule is CC(C)c1ccc(C(C)C)n1-c1ccc(F)[c-]c1F.CC(C)c1ccc(C(C)C)n1-c1ccc(F)[c-]c1F.[Ti+4].c1cc[cH-]c1.c1cc[cH-]c1. The normalized spacial score (nSPS) is 10.6. The predicted molar refractivity (Wildman–Crippen MR) is 189 cm³/mol. The summed E-state index contributed by atoms with van der Waals surface area (Å²) < 4.78 is 57.7. The molecule has 0 radical (unpaired) electrons. The Kier molecular flexibility index (Phi) is 16.8. The predicted octanol–water partition coefficient (Wildman–Crippen LogP) is 12.4. The topological polar surface area (TPSA) is 9.86 Å². The second kappa shape index (κ2) is 20.0. The Morgan fingerprint density at radius 2 is 0.714 bits per heavy atom. The van der Waals surface area contributed by atoms with E-state index in [1.54, 1.807) is 0 Å². The summed E-state index contributed by atoms with van der Waals surface area (Å²) in [6.45, 7) is 16.5. The molecule has 256 valence electrons. The second-order valence-electron chi connectivity index (χ2n) is 12.6. The smallest absolute Gasteiger partial charge is 0.369 e. The van der Waals surface area contributed by atoms with Gasteiger partial charge in [-0.25, -0.2) is 41.8 Å². The first-order chi connectivity index (χ1) is 22.8. The first kappa shape index (κ1) is 41.3. The molecule has 0 amide bonds. The number of benzene rings is 2. The van der Waals surface area contributed by atoms with Crippen molar-refractivity contribution < 1.29 is 39.3 Å². The molecule has 0 bridgehead atoms. The van der Waals surface area contributed by atoms with E-state index in [0.717, 1.165) is 22.8 Å². The fourth-order valence-corrected chi connectivity index (χ4v) is 5.16. The van der Waals surface area contributed by atoms with Gasteiger partial charge in [0.2, 0.25) is 0 Å². The average molecular weight is 703 g/mol. The van der Waals surface area contributed by atoms with E-state index in [2.05, 4.69) is 67.5 Å². The van der Waals surface area contributed by atoms with Crippen LogP contribution < -0.4 is 0 Å². The molecule has 0 spiro atoms. The summed E-state index contributed by atoms with van der Waals surface area (Å²) in [5.41, 5.74) is 4.79. The van der Waals surface area contributed by atoms with Gasteiger partial charge in [0.25, 0.3) is 0 Å². The van der Waals surface area contributed by atoms with E-state index in [1.807, 2.05) is 94.1 Å². The number of hydrogen-bond acceptors (Lipinski definition) is 0. The summed E-state index contributed by atoms with van der Waals surface area (Å²) >= 11 is 0. The van der Waals surface area contributed by atoms with Crippen LogP contribution in [0.3, 0.4) is 0 Å². The molecule has 0 saturated carbocycles. The number of nitrogens with zero attached hydrogens (tertiary/aromatic N) is 2. The first-order valence-corrected chi connectivity index (χ1v) is 16.3. The van der Waals surface area contributed by atoms with Crippen LogP contribution in [0.5, 0.6) is 0 Å². The molecular weight excluding hydrogens is 656 g/mol. The van der Waals surface area contributed by atoms with Crippen molar-refractivity contribution in [1.82, 2.24) is 9.13 Å². The first-order valence-electron chi connectivity index (χ1n) is 16.3. The monoisotopic (exact) mass is 702 g/mol. The summed E-state index contributed by atoms with van der Waals surface area (Å²) in [5, 5.41) is 0. The van der Waals surface area contributed by atoms with Gasteiger partial charge in [-0.05, 0) is 59.3 Å². The molecule has 0 saturated heterocycles. The molecule has 0 unspecified atom stereocenters. The van der Waals surface area contributed by atoms with E-state index in [9.17, 15) is 17.6 Å². The average Bonchev–Trinajstić information content (AvgIpc) is 3.86. The Labute approximate surface area is 305 Å². The van der Waals surface area contributed by atoms with Crippen LogP contribution >= 0.6 is 0 Å². The molecule has 0 fully saturated rings. The minimum absolute atomic E-state index is 0. The van der Waals surface area contributed by atoms with Crippen molar-refractivity contribution in [3.05, 3.63) is 167 Å². The van der Waals surface area contributed by atoms with Crippen molar-refractivity contribution in [2.24, 2.45) is 0 Å². The fraction of sp³-hybridized carbons (Fsp3) is 0.286. The fourth-order valence-electron chi connectivity index (χ4n) is 5.16. The number of hydrogen-bond donors (Lipinski definition) is 0. The molecule has 4 aromatic carbocycles. The van der Waals surface area contributed by atoms with Gasteiger partial charge in [-0.2, -0.15) is 36.4 Å². The van der Waals surface area contributed by atoms with Crippen molar-refractivity contribution in [2.75, 3.05) is 0 Å². The molecule has 0 N–H and O–H groups in total. The zero-order valence-corrected chi connectivity index (χ0v) is 31.2. The quantitative estimate of drug-likeness (QED) is 0.0929. The maximum atomic E-state index is 14.0. The maximum Gasteiger partial charge on any atom is 4.00 e. The molecule has 0 aliphatic carbocycles. The van der Waals surface area contributed by atoms with E-state index >= 15 is 0 Å². The molecule has 0 aliphatic rings. The van der Waals surface area contributed by atoms with E-state index in [4.69, 9.17) is 0 Å². The van der Waals surface area contributed by atoms with E-state index in [1.165, 1.54) is 24.3 Å². The van der Waals surface area contributed by atoms with Gasteiger partial charge in [-0.1, -0.05) is 55.4 Å². The third-order valence-electron chi connectivity index (χ3n) is 7.52. The zero-order valence-electron chi connectivity index (χ0n) is 29.6. The van der Waals surface area contributed by atoms with Crippen molar-refractivity contribution in [3.63, 3.8) is 0 Å². The molecule has 2 heterocycles. The van der Waals surface area contributed by atoms with Crippen LogP contribution in [0.1, 0.15) is 102 Å². The Morgan fingerprint density at radius 3 is 0.898 bits per heavy atom. The van der Waals surface area contributed by atoms with Crippen molar-refractivity contribution in [2.45, 2.75) is 79.1 Å². The molecule has 2 nitrogen and oxygen atoms in total. The Bertz CT molecular complexity index is 1560. The Morgan fingerprint density at radius 1 is 0.449 bits per heavy atom. The second-order valence-corrected chi connectivity index (χ2v) is 12.6. The molecule has 49 heavy (non-hydrogen) atoms. The number of halogens is 4. The van der Waals surface area contributed by atoms with Gasteiger partial charge in [0.15, 0.2) is 0 Å². The van der Waals surface area contributed by atoms with Crippen LogP contribution in [-0.4, -0.2) is 9.13 Å². The third kappa shape index (κ3) is 11.6. The van der Waals surface area contributed by atoms with E-state index in [-0.39, 0.29) is 45.4 Å². The van der Waals surface area contributed by atoms with E-state index < -0.39 is 23.3 Å². The zero-order chi connectivity index (χ0) is 35.4. The van der Waals surface area contributed by atoms with Gasteiger partial charge in [0, 0.05) is 46.0 Å². The largest absolute Gasteiger partial charge is 4.00 e. The van der Waals surface area contributed by atoms with Gasteiger partial charge in [0.05, 0.1) is 0 Å². The Hall–Kier alpha value is -3.87. The minimum Gasteiger partial charge on any atom is -0.369 e. The van der Waals surface area contributed by atoms with Crippen LogP contribution in [0.4, 0.5) is 17.6 Å².